The first-order valence-corrected chi connectivity index (χ1v) is 14.1. The molecule has 1 saturated heterocycles. The standard InChI is InChI=1S/C31H28N4O5S/c36-27(34-31(28(37)38)14-15-35(19-31)17-20-8-2-1-3-9-20)26-16-32-29(41-26)33-30(39)40-18-25-23-12-6-4-10-21(23)22-11-5-7-13-24(22)25/h1-13,16,25H,14-15,17-19H2,(H,34,36)(H,37,38)(H,32,33,39). The summed E-state index contributed by atoms with van der Waals surface area (Å²) in [5.41, 5.74) is 4.16. The molecule has 3 aromatic carbocycles. The van der Waals surface area contributed by atoms with Crippen LogP contribution >= 0.6 is 11.3 Å². The Hall–Kier alpha value is -4.54. The molecule has 1 fully saturated rings. The van der Waals surface area contributed by atoms with Crippen LogP contribution in [0, 0.1) is 0 Å². The largest absolute Gasteiger partial charge is 0.479 e. The Balaban J connectivity index is 1.06. The molecule has 1 unspecified atom stereocenters. The number of hydrogen-bond acceptors (Lipinski definition) is 7. The maximum Gasteiger partial charge on any atom is 0.413 e. The van der Waals surface area contributed by atoms with Crippen molar-refractivity contribution in [2.24, 2.45) is 0 Å². The molecular weight excluding hydrogens is 540 g/mol. The van der Waals surface area contributed by atoms with Crippen LogP contribution in [0.15, 0.2) is 85.1 Å². The average Bonchev–Trinajstić information content (AvgIpc) is 3.69. The minimum atomic E-state index is -1.41. The van der Waals surface area contributed by atoms with Crippen molar-refractivity contribution in [2.45, 2.75) is 24.4 Å². The molecule has 2 aliphatic rings. The van der Waals surface area contributed by atoms with E-state index in [9.17, 15) is 19.5 Å². The van der Waals surface area contributed by atoms with E-state index < -0.39 is 23.5 Å². The molecule has 0 bridgehead atoms. The molecule has 10 heteroatoms. The lowest BCUT2D eigenvalue weighted by Gasteiger charge is -2.26. The SMILES string of the molecule is O=C(Nc1ncc(C(=O)NC2(C(=O)O)CCN(Cc3ccccc3)C2)s1)OCC1c2ccccc2-c2ccccc21. The first-order valence-electron chi connectivity index (χ1n) is 13.3. The number of likely N-dealkylation sites (tertiary alicyclic amines) is 1. The first kappa shape index (κ1) is 26.7. The zero-order valence-electron chi connectivity index (χ0n) is 22.1. The number of nitrogens with zero attached hydrogens (tertiary/aromatic N) is 2. The normalized spacial score (nSPS) is 18.0. The Labute approximate surface area is 240 Å². The number of carboxylic acid groups (broad SMARTS) is 1. The van der Waals surface area contributed by atoms with E-state index in [4.69, 9.17) is 4.74 Å². The summed E-state index contributed by atoms with van der Waals surface area (Å²) in [6, 6.07) is 25.9. The number of rotatable bonds is 8. The summed E-state index contributed by atoms with van der Waals surface area (Å²) >= 11 is 0.960. The second-order valence-corrected chi connectivity index (χ2v) is 11.3. The summed E-state index contributed by atoms with van der Waals surface area (Å²) in [6.45, 7) is 1.48. The minimum Gasteiger partial charge on any atom is -0.479 e. The van der Waals surface area contributed by atoms with Crippen LogP contribution in [0.5, 0.6) is 0 Å². The highest BCUT2D eigenvalue weighted by Crippen LogP contribution is 2.44. The number of ether oxygens (including phenoxy) is 1. The van der Waals surface area contributed by atoms with E-state index in [2.05, 4.69) is 27.8 Å². The van der Waals surface area contributed by atoms with Crippen molar-refractivity contribution < 1.29 is 24.2 Å². The molecule has 41 heavy (non-hydrogen) atoms. The Morgan fingerprint density at radius 2 is 1.63 bits per heavy atom. The Morgan fingerprint density at radius 1 is 0.976 bits per heavy atom. The van der Waals surface area contributed by atoms with Crippen LogP contribution in [0.4, 0.5) is 9.93 Å². The summed E-state index contributed by atoms with van der Waals surface area (Å²) < 4.78 is 5.56. The van der Waals surface area contributed by atoms with Gasteiger partial charge in [-0.25, -0.2) is 14.6 Å². The summed E-state index contributed by atoms with van der Waals surface area (Å²) in [5, 5.41) is 15.5. The number of carboxylic acids is 1. The van der Waals surface area contributed by atoms with Gasteiger partial charge < -0.3 is 15.2 Å². The number of amides is 2. The maximum absolute atomic E-state index is 13.0. The number of aromatic nitrogens is 1. The van der Waals surface area contributed by atoms with E-state index in [-0.39, 0.29) is 35.5 Å². The summed E-state index contributed by atoms with van der Waals surface area (Å²) in [7, 11) is 0. The summed E-state index contributed by atoms with van der Waals surface area (Å²) in [6.07, 6.45) is 0.929. The highest BCUT2D eigenvalue weighted by Gasteiger charge is 2.46. The van der Waals surface area contributed by atoms with Crippen LogP contribution in [0.2, 0.25) is 0 Å². The van der Waals surface area contributed by atoms with E-state index in [0.29, 0.717) is 13.1 Å². The molecule has 9 nitrogen and oxygen atoms in total. The number of thiazole rings is 1. The lowest BCUT2D eigenvalue weighted by atomic mass is 9.98. The molecule has 2 heterocycles. The Kier molecular flexibility index (Phi) is 7.25. The molecule has 1 aromatic heterocycles. The van der Waals surface area contributed by atoms with Crippen LogP contribution < -0.4 is 10.6 Å². The number of hydrogen-bond donors (Lipinski definition) is 3. The van der Waals surface area contributed by atoms with Gasteiger partial charge in [0.15, 0.2) is 10.7 Å². The number of benzene rings is 3. The molecule has 1 aliphatic heterocycles. The van der Waals surface area contributed by atoms with E-state index in [1.54, 1.807) is 0 Å². The molecule has 1 atom stereocenters. The topological polar surface area (TPSA) is 121 Å². The monoisotopic (exact) mass is 568 g/mol. The smallest absolute Gasteiger partial charge is 0.413 e. The Bertz CT molecular complexity index is 1560. The molecule has 0 saturated carbocycles. The Morgan fingerprint density at radius 3 is 2.32 bits per heavy atom. The van der Waals surface area contributed by atoms with Crippen molar-refractivity contribution in [3.8, 4) is 11.1 Å². The van der Waals surface area contributed by atoms with Gasteiger partial charge in [-0.1, -0.05) is 90.2 Å². The fraction of sp³-hybridized carbons (Fsp3) is 0.226. The van der Waals surface area contributed by atoms with Gasteiger partial charge in [0, 0.05) is 25.6 Å². The zero-order chi connectivity index (χ0) is 28.4. The fourth-order valence-corrected chi connectivity index (χ4v) is 6.33. The van der Waals surface area contributed by atoms with Crippen molar-refractivity contribution in [1.29, 1.82) is 0 Å². The quantitative estimate of drug-likeness (QED) is 0.275. The van der Waals surface area contributed by atoms with Gasteiger partial charge in [-0.3, -0.25) is 15.0 Å². The van der Waals surface area contributed by atoms with E-state index in [1.807, 2.05) is 71.6 Å². The third kappa shape index (κ3) is 5.44. The molecule has 0 radical (unpaired) electrons. The second-order valence-electron chi connectivity index (χ2n) is 10.3. The predicted molar refractivity (Wildman–Crippen MR) is 155 cm³/mol. The third-order valence-corrected chi connectivity index (χ3v) is 8.55. The van der Waals surface area contributed by atoms with Crippen LogP contribution in [0.25, 0.3) is 11.1 Å². The van der Waals surface area contributed by atoms with Crippen molar-refractivity contribution in [2.75, 3.05) is 25.0 Å². The minimum absolute atomic E-state index is 0.0779. The predicted octanol–water partition coefficient (Wildman–Crippen LogP) is 4.96. The molecule has 2 amide bonds. The van der Waals surface area contributed by atoms with Gasteiger partial charge in [0.1, 0.15) is 11.5 Å². The molecule has 0 spiro atoms. The molecule has 1 aliphatic carbocycles. The van der Waals surface area contributed by atoms with Crippen LogP contribution in [-0.2, 0) is 16.1 Å². The van der Waals surface area contributed by atoms with Crippen molar-refractivity contribution >= 4 is 34.4 Å². The number of nitrogens with one attached hydrogen (secondary N) is 2. The highest BCUT2D eigenvalue weighted by molar-refractivity contribution is 7.17. The summed E-state index contributed by atoms with van der Waals surface area (Å²) in [4.78, 5) is 44.3. The lowest BCUT2D eigenvalue weighted by molar-refractivity contribution is -0.144. The van der Waals surface area contributed by atoms with Gasteiger partial charge in [-0.15, -0.1) is 0 Å². The number of aliphatic carboxylic acids is 1. The van der Waals surface area contributed by atoms with Crippen molar-refractivity contribution in [3.63, 3.8) is 0 Å². The van der Waals surface area contributed by atoms with Gasteiger partial charge in [-0.2, -0.15) is 0 Å². The fourth-order valence-electron chi connectivity index (χ4n) is 5.63. The van der Waals surface area contributed by atoms with Crippen LogP contribution in [-0.4, -0.2) is 58.2 Å². The van der Waals surface area contributed by atoms with E-state index in [0.717, 1.165) is 39.2 Å². The van der Waals surface area contributed by atoms with Gasteiger partial charge in [0.05, 0.1) is 6.20 Å². The number of anilines is 1. The van der Waals surface area contributed by atoms with Crippen molar-refractivity contribution in [1.82, 2.24) is 15.2 Å². The highest BCUT2D eigenvalue weighted by atomic mass is 32.1. The second kappa shape index (κ2) is 11.1. The zero-order valence-corrected chi connectivity index (χ0v) is 22.9. The summed E-state index contributed by atoms with van der Waals surface area (Å²) in [5.74, 6) is -1.71. The molecule has 6 rings (SSSR count). The third-order valence-electron chi connectivity index (χ3n) is 7.64. The van der Waals surface area contributed by atoms with Crippen LogP contribution in [0.1, 0.15) is 38.7 Å². The average molecular weight is 569 g/mol. The van der Waals surface area contributed by atoms with Gasteiger partial charge >= 0.3 is 12.1 Å². The maximum atomic E-state index is 13.0. The first-order chi connectivity index (χ1) is 19.9. The number of carbonyl (C=O) groups is 3. The number of fused-ring (bicyclic) bond motifs is 3. The molecule has 3 N–H and O–H groups in total. The molecule has 208 valence electrons. The molecular formula is C31H28N4O5S. The van der Waals surface area contributed by atoms with Crippen molar-refractivity contribution in [3.05, 3.63) is 107 Å². The van der Waals surface area contributed by atoms with Gasteiger partial charge in [0.25, 0.3) is 5.91 Å². The van der Waals surface area contributed by atoms with Gasteiger partial charge in [-0.05, 0) is 34.2 Å². The van der Waals surface area contributed by atoms with Gasteiger partial charge in [0.2, 0.25) is 0 Å². The number of carbonyl (C=O) groups excluding carboxylic acids is 2. The lowest BCUT2D eigenvalue weighted by Crippen LogP contribution is -2.56. The van der Waals surface area contributed by atoms with Crippen LogP contribution in [0.3, 0.4) is 0 Å². The van der Waals surface area contributed by atoms with E-state index in [1.165, 1.54) is 6.20 Å². The van der Waals surface area contributed by atoms with E-state index >= 15 is 0 Å². The molecule has 4 aromatic rings.